The highest BCUT2D eigenvalue weighted by Gasteiger charge is 2.18. The SMILES string of the molecule is CCc1nccn1-c1ccc2c(c1)Cc1ccccc1-2. The maximum Gasteiger partial charge on any atom is 0.112 e. The molecule has 98 valence electrons. The molecule has 0 bridgehead atoms. The molecule has 0 radical (unpaired) electrons. The van der Waals surface area contributed by atoms with E-state index in [0.717, 1.165) is 18.7 Å². The Morgan fingerprint density at radius 2 is 1.90 bits per heavy atom. The van der Waals surface area contributed by atoms with Gasteiger partial charge in [-0.05, 0) is 40.8 Å². The number of benzene rings is 2. The molecule has 0 atom stereocenters. The van der Waals surface area contributed by atoms with Crippen molar-refractivity contribution in [2.24, 2.45) is 0 Å². The summed E-state index contributed by atoms with van der Waals surface area (Å²) in [7, 11) is 0. The molecule has 20 heavy (non-hydrogen) atoms. The predicted octanol–water partition coefficient (Wildman–Crippen LogP) is 4.01. The first-order chi connectivity index (χ1) is 9.86. The van der Waals surface area contributed by atoms with Crippen LogP contribution in [0, 0.1) is 0 Å². The Kier molecular flexibility index (Phi) is 2.49. The molecule has 0 aliphatic heterocycles. The molecular formula is C18H16N2. The van der Waals surface area contributed by atoms with Crippen molar-refractivity contribution in [1.29, 1.82) is 0 Å². The van der Waals surface area contributed by atoms with Gasteiger partial charge in [0.25, 0.3) is 0 Å². The smallest absolute Gasteiger partial charge is 0.112 e. The van der Waals surface area contributed by atoms with Crippen molar-refractivity contribution in [3.8, 4) is 16.8 Å². The van der Waals surface area contributed by atoms with E-state index in [1.54, 1.807) is 0 Å². The molecule has 0 N–H and O–H groups in total. The second kappa shape index (κ2) is 4.34. The van der Waals surface area contributed by atoms with Crippen molar-refractivity contribution in [2.45, 2.75) is 19.8 Å². The van der Waals surface area contributed by atoms with E-state index in [9.17, 15) is 0 Å². The third-order valence-corrected chi connectivity index (χ3v) is 4.09. The Morgan fingerprint density at radius 1 is 1.05 bits per heavy atom. The second-order valence-electron chi connectivity index (χ2n) is 5.24. The molecule has 4 rings (SSSR count). The molecule has 0 saturated heterocycles. The summed E-state index contributed by atoms with van der Waals surface area (Å²) in [6.07, 6.45) is 5.91. The monoisotopic (exact) mass is 260 g/mol. The minimum Gasteiger partial charge on any atom is -0.304 e. The fraction of sp³-hybridized carbons (Fsp3) is 0.167. The number of imidazole rings is 1. The quantitative estimate of drug-likeness (QED) is 0.532. The van der Waals surface area contributed by atoms with E-state index in [4.69, 9.17) is 0 Å². The van der Waals surface area contributed by atoms with Crippen molar-refractivity contribution >= 4 is 0 Å². The van der Waals surface area contributed by atoms with Crippen LogP contribution in [0.2, 0.25) is 0 Å². The Morgan fingerprint density at radius 3 is 2.80 bits per heavy atom. The molecule has 0 spiro atoms. The molecule has 0 fully saturated rings. The average Bonchev–Trinajstić information content (AvgIpc) is 3.10. The van der Waals surface area contributed by atoms with Gasteiger partial charge in [0, 0.05) is 24.5 Å². The largest absolute Gasteiger partial charge is 0.304 e. The molecular weight excluding hydrogens is 244 g/mol. The number of hydrogen-bond acceptors (Lipinski definition) is 1. The van der Waals surface area contributed by atoms with Crippen LogP contribution in [0.4, 0.5) is 0 Å². The Balaban J connectivity index is 1.83. The van der Waals surface area contributed by atoms with Gasteiger partial charge in [-0.1, -0.05) is 37.3 Å². The van der Waals surface area contributed by atoms with Crippen LogP contribution < -0.4 is 0 Å². The first-order valence-electron chi connectivity index (χ1n) is 7.10. The van der Waals surface area contributed by atoms with Gasteiger partial charge in [-0.15, -0.1) is 0 Å². The van der Waals surface area contributed by atoms with E-state index < -0.39 is 0 Å². The molecule has 2 nitrogen and oxygen atoms in total. The van der Waals surface area contributed by atoms with Gasteiger partial charge in [-0.3, -0.25) is 0 Å². The van der Waals surface area contributed by atoms with Gasteiger partial charge in [-0.25, -0.2) is 4.98 Å². The first kappa shape index (κ1) is 11.5. The molecule has 1 aliphatic carbocycles. The number of aryl methyl sites for hydroxylation is 1. The van der Waals surface area contributed by atoms with Crippen LogP contribution in [0.5, 0.6) is 0 Å². The van der Waals surface area contributed by atoms with Crippen LogP contribution in [-0.2, 0) is 12.8 Å². The van der Waals surface area contributed by atoms with E-state index in [-0.39, 0.29) is 0 Å². The predicted molar refractivity (Wildman–Crippen MR) is 81.2 cm³/mol. The van der Waals surface area contributed by atoms with E-state index in [2.05, 4.69) is 58.9 Å². The third-order valence-electron chi connectivity index (χ3n) is 4.09. The molecule has 0 unspecified atom stereocenters. The van der Waals surface area contributed by atoms with Crippen molar-refractivity contribution in [3.05, 3.63) is 71.8 Å². The lowest BCUT2D eigenvalue weighted by atomic mass is 10.1. The van der Waals surface area contributed by atoms with Gasteiger partial charge >= 0.3 is 0 Å². The number of hydrogen-bond donors (Lipinski definition) is 0. The lowest BCUT2D eigenvalue weighted by molar-refractivity contribution is 0.890. The molecule has 2 heteroatoms. The Hall–Kier alpha value is -2.35. The number of nitrogens with zero attached hydrogens (tertiary/aromatic N) is 2. The minimum atomic E-state index is 0.949. The molecule has 0 amide bonds. The molecule has 3 aromatic rings. The first-order valence-corrected chi connectivity index (χ1v) is 7.10. The number of fused-ring (bicyclic) bond motifs is 3. The topological polar surface area (TPSA) is 17.8 Å². The normalized spacial score (nSPS) is 12.2. The van der Waals surface area contributed by atoms with Crippen molar-refractivity contribution in [1.82, 2.24) is 9.55 Å². The highest BCUT2D eigenvalue weighted by Crippen LogP contribution is 2.37. The highest BCUT2D eigenvalue weighted by atomic mass is 15.1. The van der Waals surface area contributed by atoms with Gasteiger partial charge in [0.15, 0.2) is 0 Å². The fourth-order valence-electron chi connectivity index (χ4n) is 3.11. The molecule has 1 aliphatic rings. The maximum atomic E-state index is 4.41. The van der Waals surface area contributed by atoms with Crippen LogP contribution in [0.15, 0.2) is 54.9 Å². The van der Waals surface area contributed by atoms with Gasteiger partial charge in [0.05, 0.1) is 0 Å². The van der Waals surface area contributed by atoms with Crippen LogP contribution in [0.3, 0.4) is 0 Å². The van der Waals surface area contributed by atoms with Crippen molar-refractivity contribution in [3.63, 3.8) is 0 Å². The standard InChI is InChI=1S/C18H16N2/c1-2-18-19-9-10-20(18)15-7-8-17-14(12-15)11-13-5-3-4-6-16(13)17/h3-10,12H,2,11H2,1H3. The summed E-state index contributed by atoms with van der Waals surface area (Å²) >= 11 is 0. The summed E-state index contributed by atoms with van der Waals surface area (Å²) in [6.45, 7) is 2.14. The van der Waals surface area contributed by atoms with Crippen LogP contribution in [-0.4, -0.2) is 9.55 Å². The maximum absolute atomic E-state index is 4.41. The zero-order chi connectivity index (χ0) is 13.5. The summed E-state index contributed by atoms with van der Waals surface area (Å²) in [5, 5.41) is 0. The average molecular weight is 260 g/mol. The van der Waals surface area contributed by atoms with Crippen LogP contribution >= 0.6 is 0 Å². The fourth-order valence-corrected chi connectivity index (χ4v) is 3.11. The van der Waals surface area contributed by atoms with E-state index >= 15 is 0 Å². The second-order valence-corrected chi connectivity index (χ2v) is 5.24. The lowest BCUT2D eigenvalue weighted by Gasteiger charge is -2.09. The summed E-state index contributed by atoms with van der Waals surface area (Å²) in [5.74, 6) is 1.11. The molecule has 0 saturated carbocycles. The van der Waals surface area contributed by atoms with Gasteiger partial charge in [0.2, 0.25) is 0 Å². The van der Waals surface area contributed by atoms with Gasteiger partial charge in [-0.2, -0.15) is 0 Å². The summed E-state index contributed by atoms with van der Waals surface area (Å²) in [5.41, 5.74) is 6.82. The zero-order valence-corrected chi connectivity index (χ0v) is 11.5. The lowest BCUT2D eigenvalue weighted by Crippen LogP contribution is -1.99. The van der Waals surface area contributed by atoms with E-state index in [1.165, 1.54) is 27.9 Å². The molecule has 2 aromatic carbocycles. The summed E-state index contributed by atoms with van der Waals surface area (Å²) < 4.78 is 2.18. The Labute approximate surface area is 118 Å². The molecule has 1 aromatic heterocycles. The van der Waals surface area contributed by atoms with Crippen LogP contribution in [0.1, 0.15) is 23.9 Å². The van der Waals surface area contributed by atoms with E-state index in [0.29, 0.717) is 0 Å². The van der Waals surface area contributed by atoms with Crippen molar-refractivity contribution in [2.75, 3.05) is 0 Å². The number of rotatable bonds is 2. The van der Waals surface area contributed by atoms with Gasteiger partial charge in [0.1, 0.15) is 5.82 Å². The van der Waals surface area contributed by atoms with Gasteiger partial charge < -0.3 is 4.57 Å². The van der Waals surface area contributed by atoms with Crippen LogP contribution in [0.25, 0.3) is 16.8 Å². The highest BCUT2D eigenvalue weighted by molar-refractivity contribution is 5.77. The summed E-state index contributed by atoms with van der Waals surface area (Å²) in [6, 6.07) is 15.4. The molecule has 1 heterocycles. The number of aromatic nitrogens is 2. The Bertz CT molecular complexity index is 784. The van der Waals surface area contributed by atoms with Crippen molar-refractivity contribution < 1.29 is 0 Å². The van der Waals surface area contributed by atoms with E-state index in [1.807, 2.05) is 12.4 Å². The zero-order valence-electron chi connectivity index (χ0n) is 11.5. The minimum absolute atomic E-state index is 0.949. The third kappa shape index (κ3) is 1.61. The summed E-state index contributed by atoms with van der Waals surface area (Å²) in [4.78, 5) is 4.41.